The summed E-state index contributed by atoms with van der Waals surface area (Å²) in [6.07, 6.45) is 3.52. The van der Waals surface area contributed by atoms with Gasteiger partial charge >= 0.3 is 5.97 Å². The highest BCUT2D eigenvalue weighted by Crippen LogP contribution is 2.26. The zero-order valence-corrected chi connectivity index (χ0v) is 13.6. The van der Waals surface area contributed by atoms with Crippen LogP contribution in [0, 0.1) is 0 Å². The quantitative estimate of drug-likeness (QED) is 0.572. The molecule has 4 nitrogen and oxygen atoms in total. The average Bonchev–Trinajstić information content (AvgIpc) is 2.52. The number of aryl methyl sites for hydroxylation is 1. The standard InChI is InChI=1S/C18H25NO3/c1-4-5-6-15-7-8-17-16(11-15)12-19(13-22-17)9-10-21-18(20)14(2)3/h7-8,11H,2,4-6,9-10,12-13H2,1,3H3. The van der Waals surface area contributed by atoms with Crippen LogP contribution in [0.15, 0.2) is 30.4 Å². The number of benzene rings is 1. The van der Waals surface area contributed by atoms with Gasteiger partial charge in [-0.05, 0) is 31.4 Å². The fourth-order valence-electron chi connectivity index (χ4n) is 2.42. The van der Waals surface area contributed by atoms with Gasteiger partial charge in [-0.25, -0.2) is 4.79 Å². The van der Waals surface area contributed by atoms with Gasteiger partial charge in [0.05, 0.1) is 0 Å². The summed E-state index contributed by atoms with van der Waals surface area (Å²) in [6.45, 7) is 9.82. The molecule has 1 aliphatic rings. The first-order valence-electron chi connectivity index (χ1n) is 7.89. The number of rotatable bonds is 7. The van der Waals surface area contributed by atoms with Crippen molar-refractivity contribution in [2.45, 2.75) is 39.7 Å². The monoisotopic (exact) mass is 303 g/mol. The van der Waals surface area contributed by atoms with Gasteiger partial charge in [0.15, 0.2) is 0 Å². The van der Waals surface area contributed by atoms with Gasteiger partial charge < -0.3 is 9.47 Å². The minimum absolute atomic E-state index is 0.333. The molecule has 0 atom stereocenters. The third-order valence-corrected chi connectivity index (χ3v) is 3.73. The summed E-state index contributed by atoms with van der Waals surface area (Å²) < 4.78 is 10.9. The summed E-state index contributed by atoms with van der Waals surface area (Å²) in [6, 6.07) is 6.45. The molecule has 0 bridgehead atoms. The molecular weight excluding hydrogens is 278 g/mol. The highest BCUT2D eigenvalue weighted by Gasteiger charge is 2.17. The van der Waals surface area contributed by atoms with Crippen LogP contribution < -0.4 is 4.74 Å². The number of nitrogens with zero attached hydrogens (tertiary/aromatic N) is 1. The minimum atomic E-state index is -0.333. The Kier molecular flexibility index (Phi) is 6.01. The summed E-state index contributed by atoms with van der Waals surface area (Å²) >= 11 is 0. The second kappa shape index (κ2) is 7.99. The lowest BCUT2D eigenvalue weighted by molar-refractivity contribution is -0.139. The summed E-state index contributed by atoms with van der Waals surface area (Å²) in [4.78, 5) is 13.5. The number of carbonyl (C=O) groups is 1. The Labute approximate surface area is 132 Å². The fourth-order valence-corrected chi connectivity index (χ4v) is 2.42. The Bertz CT molecular complexity index is 539. The van der Waals surface area contributed by atoms with Gasteiger partial charge in [-0.1, -0.05) is 32.1 Å². The lowest BCUT2D eigenvalue weighted by Crippen LogP contribution is -2.35. The predicted molar refractivity (Wildman–Crippen MR) is 86.7 cm³/mol. The van der Waals surface area contributed by atoms with E-state index in [2.05, 4.69) is 36.6 Å². The summed E-state index contributed by atoms with van der Waals surface area (Å²) in [5.41, 5.74) is 3.01. The highest BCUT2D eigenvalue weighted by atomic mass is 16.5. The average molecular weight is 303 g/mol. The molecule has 0 spiro atoms. The second-order valence-electron chi connectivity index (χ2n) is 5.79. The van der Waals surface area contributed by atoms with Crippen molar-refractivity contribution in [3.8, 4) is 5.75 Å². The maximum Gasteiger partial charge on any atom is 0.333 e. The molecule has 1 aromatic carbocycles. The summed E-state index contributed by atoms with van der Waals surface area (Å²) in [5.74, 6) is 0.635. The molecule has 0 unspecified atom stereocenters. The van der Waals surface area contributed by atoms with Crippen LogP contribution in [-0.2, 0) is 22.5 Å². The third-order valence-electron chi connectivity index (χ3n) is 3.73. The smallest absolute Gasteiger partial charge is 0.333 e. The first-order chi connectivity index (χ1) is 10.6. The molecule has 22 heavy (non-hydrogen) atoms. The number of ether oxygens (including phenoxy) is 2. The zero-order chi connectivity index (χ0) is 15.9. The van der Waals surface area contributed by atoms with E-state index in [0.29, 0.717) is 25.5 Å². The molecule has 4 heteroatoms. The third kappa shape index (κ3) is 4.60. The summed E-state index contributed by atoms with van der Waals surface area (Å²) in [7, 11) is 0. The molecule has 0 saturated carbocycles. The van der Waals surface area contributed by atoms with Crippen LogP contribution in [0.3, 0.4) is 0 Å². The first kappa shape index (κ1) is 16.6. The first-order valence-corrected chi connectivity index (χ1v) is 7.89. The molecular formula is C18H25NO3. The molecule has 120 valence electrons. The molecule has 0 aromatic heterocycles. The maximum atomic E-state index is 11.4. The van der Waals surface area contributed by atoms with E-state index in [1.807, 2.05) is 0 Å². The van der Waals surface area contributed by atoms with E-state index in [0.717, 1.165) is 18.7 Å². The van der Waals surface area contributed by atoms with Crippen molar-refractivity contribution in [1.82, 2.24) is 4.90 Å². The highest BCUT2D eigenvalue weighted by molar-refractivity contribution is 5.86. The van der Waals surface area contributed by atoms with Crippen molar-refractivity contribution >= 4 is 5.97 Å². The lowest BCUT2D eigenvalue weighted by atomic mass is 10.0. The molecule has 0 fully saturated rings. The van der Waals surface area contributed by atoms with E-state index >= 15 is 0 Å². The molecule has 0 radical (unpaired) electrons. The van der Waals surface area contributed by atoms with Crippen LogP contribution >= 0.6 is 0 Å². The van der Waals surface area contributed by atoms with Gasteiger partial charge in [0.2, 0.25) is 0 Å². The molecule has 0 N–H and O–H groups in total. The van der Waals surface area contributed by atoms with E-state index in [9.17, 15) is 4.79 Å². The van der Waals surface area contributed by atoms with Gasteiger partial charge in [0.1, 0.15) is 19.1 Å². The number of hydrogen-bond donors (Lipinski definition) is 0. The van der Waals surface area contributed by atoms with Crippen molar-refractivity contribution in [1.29, 1.82) is 0 Å². The Morgan fingerprint density at radius 3 is 3.00 bits per heavy atom. The zero-order valence-electron chi connectivity index (χ0n) is 13.6. The molecule has 0 amide bonds. The van der Waals surface area contributed by atoms with E-state index in [4.69, 9.17) is 9.47 Å². The lowest BCUT2D eigenvalue weighted by Gasteiger charge is -2.29. The molecule has 0 saturated heterocycles. The van der Waals surface area contributed by atoms with Gasteiger partial charge in [0.25, 0.3) is 0 Å². The maximum absolute atomic E-state index is 11.4. The molecule has 1 heterocycles. The molecule has 2 rings (SSSR count). The number of carbonyl (C=O) groups excluding carboxylic acids is 1. The predicted octanol–water partition coefficient (Wildman–Crippen LogP) is 3.30. The Balaban J connectivity index is 1.87. The van der Waals surface area contributed by atoms with Crippen molar-refractivity contribution in [3.05, 3.63) is 41.5 Å². The van der Waals surface area contributed by atoms with Gasteiger partial charge in [0, 0.05) is 24.2 Å². The molecule has 0 aliphatic carbocycles. The normalized spacial score (nSPS) is 14.1. The van der Waals surface area contributed by atoms with Gasteiger partial charge in [-0.2, -0.15) is 0 Å². The minimum Gasteiger partial charge on any atom is -0.478 e. The van der Waals surface area contributed by atoms with Crippen molar-refractivity contribution in [2.24, 2.45) is 0 Å². The van der Waals surface area contributed by atoms with Crippen molar-refractivity contribution in [3.63, 3.8) is 0 Å². The van der Waals surface area contributed by atoms with Crippen LogP contribution in [0.5, 0.6) is 5.75 Å². The largest absolute Gasteiger partial charge is 0.478 e. The van der Waals surface area contributed by atoms with Gasteiger partial charge in [-0.3, -0.25) is 4.90 Å². The second-order valence-corrected chi connectivity index (χ2v) is 5.79. The van der Waals surface area contributed by atoms with Crippen LogP contribution in [0.2, 0.25) is 0 Å². The Morgan fingerprint density at radius 1 is 1.45 bits per heavy atom. The van der Waals surface area contributed by atoms with Crippen LogP contribution in [0.4, 0.5) is 0 Å². The van der Waals surface area contributed by atoms with Crippen molar-refractivity contribution < 1.29 is 14.3 Å². The van der Waals surface area contributed by atoms with Crippen molar-refractivity contribution in [2.75, 3.05) is 19.9 Å². The van der Waals surface area contributed by atoms with E-state index in [1.165, 1.54) is 24.0 Å². The van der Waals surface area contributed by atoms with Crippen LogP contribution in [-0.4, -0.2) is 30.8 Å². The topological polar surface area (TPSA) is 38.8 Å². The van der Waals surface area contributed by atoms with Crippen LogP contribution in [0.1, 0.15) is 37.8 Å². The molecule has 1 aromatic rings. The van der Waals surface area contributed by atoms with E-state index < -0.39 is 0 Å². The summed E-state index contributed by atoms with van der Waals surface area (Å²) in [5, 5.41) is 0. The Hall–Kier alpha value is -1.81. The SMILES string of the molecule is C=C(C)C(=O)OCCN1COc2ccc(CCCC)cc2C1. The number of fused-ring (bicyclic) bond motifs is 1. The number of hydrogen-bond acceptors (Lipinski definition) is 4. The number of unbranched alkanes of at least 4 members (excludes halogenated alkanes) is 1. The van der Waals surface area contributed by atoms with E-state index in [-0.39, 0.29) is 5.97 Å². The van der Waals surface area contributed by atoms with E-state index in [1.54, 1.807) is 6.92 Å². The molecule has 1 aliphatic heterocycles. The fraction of sp³-hybridized carbons (Fsp3) is 0.500. The van der Waals surface area contributed by atoms with Crippen LogP contribution in [0.25, 0.3) is 0 Å². The Morgan fingerprint density at radius 2 is 2.27 bits per heavy atom. The van der Waals surface area contributed by atoms with Gasteiger partial charge in [-0.15, -0.1) is 0 Å². The number of esters is 1.